The fourth-order valence-electron chi connectivity index (χ4n) is 1.70. The second-order valence-electron chi connectivity index (χ2n) is 4.59. The molecule has 0 aromatic heterocycles. The van der Waals surface area contributed by atoms with Crippen molar-refractivity contribution in [2.24, 2.45) is 0 Å². The lowest BCUT2D eigenvalue weighted by atomic mass is 10.1. The number of nitrogens with one attached hydrogen (secondary N) is 2. The van der Waals surface area contributed by atoms with Crippen LogP contribution in [0.4, 0.5) is 18.9 Å². The van der Waals surface area contributed by atoms with Crippen LogP contribution in [0.3, 0.4) is 0 Å². The Morgan fingerprint density at radius 3 is 2.62 bits per heavy atom. The van der Waals surface area contributed by atoms with Crippen LogP contribution in [0.25, 0.3) is 0 Å². The Morgan fingerprint density at radius 2 is 2.00 bits per heavy atom. The maximum absolute atomic E-state index is 12.8. The minimum atomic E-state index is -4.56. The molecule has 0 fully saturated rings. The van der Waals surface area contributed by atoms with Crippen molar-refractivity contribution in [3.8, 4) is 0 Å². The van der Waals surface area contributed by atoms with Crippen molar-refractivity contribution in [3.05, 3.63) is 28.8 Å². The van der Waals surface area contributed by atoms with Gasteiger partial charge in [-0.1, -0.05) is 24.9 Å². The molecule has 0 saturated carbocycles. The molecule has 0 heterocycles. The van der Waals surface area contributed by atoms with Crippen LogP contribution in [-0.4, -0.2) is 19.0 Å². The summed E-state index contributed by atoms with van der Waals surface area (Å²) in [7, 11) is 0. The zero-order valence-corrected chi connectivity index (χ0v) is 12.4. The van der Waals surface area contributed by atoms with E-state index in [-0.39, 0.29) is 17.1 Å². The summed E-state index contributed by atoms with van der Waals surface area (Å²) in [6.45, 7) is 3.27. The Hall–Kier alpha value is -1.27. The molecule has 3 nitrogen and oxygen atoms in total. The molecule has 0 aliphatic rings. The van der Waals surface area contributed by atoms with Gasteiger partial charge in [0.25, 0.3) is 0 Å². The molecular formula is C14H18ClF3N2O. The molecule has 0 bridgehead atoms. The number of anilines is 1. The van der Waals surface area contributed by atoms with Crippen molar-refractivity contribution in [1.29, 1.82) is 0 Å². The number of alkyl halides is 3. The lowest BCUT2D eigenvalue weighted by Crippen LogP contribution is -2.23. The van der Waals surface area contributed by atoms with Crippen LogP contribution in [0, 0.1) is 0 Å². The number of halogens is 4. The van der Waals surface area contributed by atoms with Gasteiger partial charge in [0, 0.05) is 18.0 Å². The Kier molecular flexibility index (Phi) is 6.98. The molecule has 0 aliphatic carbocycles. The number of rotatable bonds is 7. The summed E-state index contributed by atoms with van der Waals surface area (Å²) in [6, 6.07) is 3.27. The average molecular weight is 323 g/mol. The van der Waals surface area contributed by atoms with E-state index in [2.05, 4.69) is 10.6 Å². The van der Waals surface area contributed by atoms with Gasteiger partial charge in [0.2, 0.25) is 5.91 Å². The molecule has 1 aromatic rings. The third kappa shape index (κ3) is 6.35. The largest absolute Gasteiger partial charge is 0.418 e. The van der Waals surface area contributed by atoms with Gasteiger partial charge in [0.05, 0.1) is 11.3 Å². The summed E-state index contributed by atoms with van der Waals surface area (Å²) in [5.74, 6) is -0.466. The summed E-state index contributed by atoms with van der Waals surface area (Å²) < 4.78 is 38.5. The topological polar surface area (TPSA) is 41.1 Å². The first-order chi connectivity index (χ1) is 9.84. The highest BCUT2D eigenvalue weighted by Crippen LogP contribution is 2.36. The van der Waals surface area contributed by atoms with Gasteiger partial charge in [0.1, 0.15) is 0 Å². The third-order valence-corrected chi connectivity index (χ3v) is 3.03. The smallest absolute Gasteiger partial charge is 0.325 e. The highest BCUT2D eigenvalue weighted by atomic mass is 35.5. The number of amides is 1. The molecular weight excluding hydrogens is 305 g/mol. The van der Waals surface area contributed by atoms with E-state index in [4.69, 9.17) is 11.6 Å². The van der Waals surface area contributed by atoms with Gasteiger partial charge < -0.3 is 10.6 Å². The minimum Gasteiger partial charge on any atom is -0.325 e. The maximum atomic E-state index is 12.8. The van der Waals surface area contributed by atoms with E-state index < -0.39 is 17.6 Å². The van der Waals surface area contributed by atoms with E-state index in [1.54, 1.807) is 0 Å². The lowest BCUT2D eigenvalue weighted by Gasteiger charge is -2.14. The van der Waals surface area contributed by atoms with Crippen LogP contribution >= 0.6 is 11.6 Å². The number of carbonyl (C=O) groups excluding carboxylic acids is 1. The molecule has 0 atom stereocenters. The van der Waals surface area contributed by atoms with Crippen LogP contribution in [0.15, 0.2) is 18.2 Å². The fraction of sp³-hybridized carbons (Fsp3) is 0.500. The molecule has 118 valence electrons. The van der Waals surface area contributed by atoms with Crippen LogP contribution in [0.5, 0.6) is 0 Å². The Labute approximate surface area is 126 Å². The van der Waals surface area contributed by atoms with Crippen LogP contribution in [0.2, 0.25) is 5.02 Å². The predicted molar refractivity (Wildman–Crippen MR) is 77.5 cm³/mol. The van der Waals surface area contributed by atoms with E-state index in [1.165, 1.54) is 6.07 Å². The number of hydrogen-bond donors (Lipinski definition) is 2. The molecule has 1 amide bonds. The highest BCUT2D eigenvalue weighted by Gasteiger charge is 2.34. The summed E-state index contributed by atoms with van der Waals surface area (Å²) in [5.41, 5.74) is -1.22. The van der Waals surface area contributed by atoms with Crippen molar-refractivity contribution in [2.75, 3.05) is 18.4 Å². The summed E-state index contributed by atoms with van der Waals surface area (Å²) >= 11 is 5.57. The summed E-state index contributed by atoms with van der Waals surface area (Å²) in [5, 5.41) is 5.30. The second-order valence-corrected chi connectivity index (χ2v) is 5.03. The maximum Gasteiger partial charge on any atom is 0.418 e. The van der Waals surface area contributed by atoms with E-state index in [0.717, 1.165) is 31.5 Å². The van der Waals surface area contributed by atoms with Crippen molar-refractivity contribution >= 4 is 23.2 Å². The Bertz CT molecular complexity index is 478. The Balaban J connectivity index is 2.60. The first-order valence-electron chi connectivity index (χ1n) is 6.72. The predicted octanol–water partition coefficient (Wildman–Crippen LogP) is 4.08. The molecule has 0 unspecified atom stereocenters. The number of hydrogen-bond acceptors (Lipinski definition) is 2. The number of carbonyl (C=O) groups is 1. The lowest BCUT2D eigenvalue weighted by molar-refractivity contribution is -0.137. The third-order valence-electron chi connectivity index (χ3n) is 2.80. The molecule has 2 N–H and O–H groups in total. The highest BCUT2D eigenvalue weighted by molar-refractivity contribution is 6.30. The van der Waals surface area contributed by atoms with E-state index in [0.29, 0.717) is 6.54 Å². The van der Waals surface area contributed by atoms with Crippen LogP contribution in [-0.2, 0) is 11.0 Å². The number of unbranched alkanes of at least 4 members (excludes halogenated alkanes) is 1. The fourth-order valence-corrected chi connectivity index (χ4v) is 1.87. The summed E-state index contributed by atoms with van der Waals surface area (Å²) in [4.78, 5) is 11.7. The second kappa shape index (κ2) is 8.24. The molecule has 1 rings (SSSR count). The van der Waals surface area contributed by atoms with Crippen molar-refractivity contribution in [2.45, 2.75) is 32.4 Å². The average Bonchev–Trinajstić information content (AvgIpc) is 2.39. The van der Waals surface area contributed by atoms with Gasteiger partial charge in [-0.15, -0.1) is 0 Å². The quantitative estimate of drug-likeness (QED) is 0.743. The molecule has 1 aromatic carbocycles. The number of benzene rings is 1. The normalized spacial score (nSPS) is 11.5. The monoisotopic (exact) mass is 322 g/mol. The minimum absolute atomic E-state index is 0.0263. The first kappa shape index (κ1) is 17.8. The van der Waals surface area contributed by atoms with Crippen molar-refractivity contribution in [1.82, 2.24) is 5.32 Å². The zero-order valence-electron chi connectivity index (χ0n) is 11.7. The SMILES string of the molecule is CCCCNCCC(=O)Nc1ccc(Cl)cc1C(F)(F)F. The molecule has 7 heteroatoms. The molecule has 0 saturated heterocycles. The van der Waals surface area contributed by atoms with Crippen LogP contribution < -0.4 is 10.6 Å². The zero-order chi connectivity index (χ0) is 15.9. The van der Waals surface area contributed by atoms with Gasteiger partial charge in [-0.2, -0.15) is 13.2 Å². The molecule has 0 spiro atoms. The molecule has 21 heavy (non-hydrogen) atoms. The van der Waals surface area contributed by atoms with Gasteiger partial charge >= 0.3 is 6.18 Å². The van der Waals surface area contributed by atoms with E-state index in [1.807, 2.05) is 6.92 Å². The van der Waals surface area contributed by atoms with Crippen molar-refractivity contribution < 1.29 is 18.0 Å². The van der Waals surface area contributed by atoms with Crippen molar-refractivity contribution in [3.63, 3.8) is 0 Å². The standard InChI is InChI=1S/C14H18ClF3N2O/c1-2-3-7-19-8-6-13(21)20-12-5-4-10(15)9-11(12)14(16,17)18/h4-5,9,19H,2-3,6-8H2,1H3,(H,20,21). The first-order valence-corrected chi connectivity index (χ1v) is 7.09. The van der Waals surface area contributed by atoms with Gasteiger partial charge in [-0.3, -0.25) is 4.79 Å². The van der Waals surface area contributed by atoms with Gasteiger partial charge in [0.15, 0.2) is 0 Å². The molecule has 0 radical (unpaired) electrons. The van der Waals surface area contributed by atoms with E-state index in [9.17, 15) is 18.0 Å². The Morgan fingerprint density at radius 1 is 1.29 bits per heavy atom. The summed E-state index contributed by atoms with van der Waals surface area (Å²) in [6.07, 6.45) is -2.41. The van der Waals surface area contributed by atoms with E-state index >= 15 is 0 Å². The van der Waals surface area contributed by atoms with Gasteiger partial charge in [-0.05, 0) is 31.2 Å². The van der Waals surface area contributed by atoms with Crippen LogP contribution in [0.1, 0.15) is 31.7 Å². The molecule has 0 aliphatic heterocycles. The van der Waals surface area contributed by atoms with Gasteiger partial charge in [-0.25, -0.2) is 0 Å².